The Bertz CT molecular complexity index is 690. The van der Waals surface area contributed by atoms with Crippen LogP contribution in [0.1, 0.15) is 17.2 Å². The summed E-state index contributed by atoms with van der Waals surface area (Å²) < 4.78 is 0. The molecular weight excluding hydrogens is 323 g/mol. The van der Waals surface area contributed by atoms with E-state index in [4.69, 9.17) is 28.9 Å². The van der Waals surface area contributed by atoms with E-state index in [0.717, 1.165) is 0 Å². The van der Waals surface area contributed by atoms with E-state index in [-0.39, 0.29) is 12.3 Å². The van der Waals surface area contributed by atoms with Gasteiger partial charge in [-0.15, -0.1) is 0 Å². The third kappa shape index (κ3) is 4.23. The van der Waals surface area contributed by atoms with Gasteiger partial charge in [-0.2, -0.15) is 0 Å². The van der Waals surface area contributed by atoms with Gasteiger partial charge in [-0.3, -0.25) is 9.59 Å². The van der Waals surface area contributed by atoms with Crippen LogP contribution in [0.15, 0.2) is 48.5 Å². The van der Waals surface area contributed by atoms with Crippen molar-refractivity contribution in [1.29, 1.82) is 0 Å². The third-order valence-electron chi connectivity index (χ3n) is 3.09. The first kappa shape index (κ1) is 16.3. The van der Waals surface area contributed by atoms with Crippen molar-refractivity contribution in [2.45, 2.75) is 12.5 Å². The second kappa shape index (κ2) is 7.29. The number of carbonyl (C=O) groups is 2. The molecule has 0 spiro atoms. The molecule has 0 aliphatic heterocycles. The van der Waals surface area contributed by atoms with E-state index in [1.165, 1.54) is 0 Å². The van der Waals surface area contributed by atoms with Crippen LogP contribution in [0.5, 0.6) is 0 Å². The highest BCUT2D eigenvalue weighted by Crippen LogP contribution is 2.21. The Morgan fingerprint density at radius 3 is 2.36 bits per heavy atom. The van der Waals surface area contributed by atoms with Gasteiger partial charge in [0.25, 0.3) is 0 Å². The average molecular weight is 337 g/mol. The maximum absolute atomic E-state index is 12.1. The number of carbonyl (C=O) groups excluding carboxylic acids is 2. The molecule has 0 aromatic heterocycles. The van der Waals surface area contributed by atoms with Crippen molar-refractivity contribution in [3.63, 3.8) is 0 Å². The molecule has 2 aromatic carbocycles. The highest BCUT2D eigenvalue weighted by Gasteiger charge is 2.20. The van der Waals surface area contributed by atoms with Crippen LogP contribution in [0.25, 0.3) is 0 Å². The number of amides is 2. The Morgan fingerprint density at radius 2 is 1.77 bits per heavy atom. The minimum Gasteiger partial charge on any atom is -0.368 e. The predicted molar refractivity (Wildman–Crippen MR) is 86.7 cm³/mol. The van der Waals surface area contributed by atoms with Gasteiger partial charge in [0.1, 0.15) is 6.04 Å². The lowest BCUT2D eigenvalue weighted by Crippen LogP contribution is -2.38. The molecule has 0 aliphatic rings. The number of nitrogens with one attached hydrogen (secondary N) is 1. The van der Waals surface area contributed by atoms with E-state index < -0.39 is 11.9 Å². The molecule has 2 amide bonds. The summed E-state index contributed by atoms with van der Waals surface area (Å²) in [6.45, 7) is 0. The fourth-order valence-corrected chi connectivity index (χ4v) is 2.49. The molecule has 22 heavy (non-hydrogen) atoms. The minimum absolute atomic E-state index is 0.0343. The van der Waals surface area contributed by atoms with Crippen LogP contribution in [0.2, 0.25) is 10.0 Å². The number of nitrogens with two attached hydrogens (primary N) is 1. The van der Waals surface area contributed by atoms with E-state index in [9.17, 15) is 9.59 Å². The smallest absolute Gasteiger partial charge is 0.244 e. The Kier molecular flexibility index (Phi) is 5.41. The normalized spacial score (nSPS) is 11.7. The van der Waals surface area contributed by atoms with Crippen molar-refractivity contribution in [2.75, 3.05) is 0 Å². The van der Waals surface area contributed by atoms with Gasteiger partial charge in [0.15, 0.2) is 0 Å². The van der Waals surface area contributed by atoms with Gasteiger partial charge in [-0.1, -0.05) is 59.6 Å². The topological polar surface area (TPSA) is 72.2 Å². The van der Waals surface area contributed by atoms with E-state index in [1.54, 1.807) is 42.5 Å². The van der Waals surface area contributed by atoms with Gasteiger partial charge >= 0.3 is 0 Å². The molecule has 2 aromatic rings. The molecule has 6 heteroatoms. The van der Waals surface area contributed by atoms with Crippen LogP contribution in [0.3, 0.4) is 0 Å². The molecule has 0 unspecified atom stereocenters. The molecule has 0 aliphatic carbocycles. The lowest BCUT2D eigenvalue weighted by atomic mass is 10.1. The van der Waals surface area contributed by atoms with Crippen LogP contribution < -0.4 is 11.1 Å². The predicted octanol–water partition coefficient (Wildman–Crippen LogP) is 2.88. The van der Waals surface area contributed by atoms with Gasteiger partial charge in [0.2, 0.25) is 11.8 Å². The summed E-state index contributed by atoms with van der Waals surface area (Å²) in [6, 6.07) is 12.8. The van der Waals surface area contributed by atoms with Crippen LogP contribution in [-0.2, 0) is 16.0 Å². The molecule has 114 valence electrons. The van der Waals surface area contributed by atoms with Crippen molar-refractivity contribution >= 4 is 35.0 Å². The van der Waals surface area contributed by atoms with Crippen molar-refractivity contribution in [3.05, 3.63) is 69.7 Å². The third-order valence-corrected chi connectivity index (χ3v) is 3.68. The van der Waals surface area contributed by atoms with Gasteiger partial charge in [0, 0.05) is 10.0 Å². The zero-order valence-electron chi connectivity index (χ0n) is 11.6. The van der Waals surface area contributed by atoms with Gasteiger partial charge in [-0.05, 0) is 23.3 Å². The number of primary amides is 1. The molecule has 0 saturated carbocycles. The summed E-state index contributed by atoms with van der Waals surface area (Å²) >= 11 is 11.8. The van der Waals surface area contributed by atoms with Crippen LogP contribution in [0.4, 0.5) is 0 Å². The van der Waals surface area contributed by atoms with Crippen LogP contribution >= 0.6 is 23.2 Å². The summed E-state index contributed by atoms with van der Waals surface area (Å²) in [7, 11) is 0. The van der Waals surface area contributed by atoms with Crippen molar-refractivity contribution < 1.29 is 9.59 Å². The molecular formula is C16H14Cl2N2O2. The van der Waals surface area contributed by atoms with Crippen molar-refractivity contribution in [3.8, 4) is 0 Å². The number of hydrogen-bond acceptors (Lipinski definition) is 2. The zero-order chi connectivity index (χ0) is 16.1. The maximum Gasteiger partial charge on any atom is 0.244 e. The second-order valence-corrected chi connectivity index (χ2v) is 5.57. The molecule has 0 heterocycles. The summed E-state index contributed by atoms with van der Waals surface area (Å²) in [5, 5.41) is 3.51. The Hall–Kier alpha value is -2.04. The lowest BCUT2D eigenvalue weighted by molar-refractivity contribution is -0.127. The molecule has 1 atom stereocenters. The Balaban J connectivity index is 2.10. The van der Waals surface area contributed by atoms with Crippen LogP contribution in [-0.4, -0.2) is 11.8 Å². The minimum atomic E-state index is -0.875. The first-order valence-corrected chi connectivity index (χ1v) is 7.30. The Morgan fingerprint density at radius 1 is 1.09 bits per heavy atom. The SMILES string of the molecule is NC(=O)[C@@H](NC(=O)Cc1ccc(Cl)cc1Cl)c1ccccc1. The maximum atomic E-state index is 12.1. The number of rotatable bonds is 5. The standard InChI is InChI=1S/C16H14Cl2N2O2/c17-12-7-6-11(13(18)9-12)8-14(21)20-15(16(19)22)10-4-2-1-3-5-10/h1-7,9,15H,8H2,(H2,19,22)(H,20,21)/t15-/m0/s1. The van der Waals surface area contributed by atoms with Crippen molar-refractivity contribution in [1.82, 2.24) is 5.32 Å². The number of halogens is 2. The summed E-state index contributed by atoms with van der Waals surface area (Å²) in [6.07, 6.45) is 0.0343. The van der Waals surface area contributed by atoms with Gasteiger partial charge in [-0.25, -0.2) is 0 Å². The van der Waals surface area contributed by atoms with Gasteiger partial charge < -0.3 is 11.1 Å². The number of benzene rings is 2. The summed E-state index contributed by atoms with van der Waals surface area (Å²) in [5.74, 6) is -0.973. The molecule has 4 nitrogen and oxygen atoms in total. The first-order chi connectivity index (χ1) is 10.5. The highest BCUT2D eigenvalue weighted by atomic mass is 35.5. The number of hydrogen-bond donors (Lipinski definition) is 2. The molecule has 0 saturated heterocycles. The quantitative estimate of drug-likeness (QED) is 0.881. The summed E-state index contributed by atoms with van der Waals surface area (Å²) in [5.41, 5.74) is 6.62. The van der Waals surface area contributed by atoms with E-state index in [2.05, 4.69) is 5.32 Å². The van der Waals surface area contributed by atoms with Gasteiger partial charge in [0.05, 0.1) is 6.42 Å². The molecule has 0 radical (unpaired) electrons. The van der Waals surface area contributed by atoms with E-state index >= 15 is 0 Å². The fraction of sp³-hybridized carbons (Fsp3) is 0.125. The monoisotopic (exact) mass is 336 g/mol. The zero-order valence-corrected chi connectivity index (χ0v) is 13.1. The summed E-state index contributed by atoms with van der Waals surface area (Å²) in [4.78, 5) is 23.7. The fourth-order valence-electron chi connectivity index (χ4n) is 2.01. The molecule has 0 fully saturated rings. The van der Waals surface area contributed by atoms with Crippen LogP contribution in [0, 0.1) is 0 Å². The Labute approximate surface area is 138 Å². The molecule has 3 N–H and O–H groups in total. The van der Waals surface area contributed by atoms with E-state index in [1.807, 2.05) is 6.07 Å². The van der Waals surface area contributed by atoms with Crippen molar-refractivity contribution in [2.24, 2.45) is 5.73 Å². The highest BCUT2D eigenvalue weighted by molar-refractivity contribution is 6.35. The molecule has 0 bridgehead atoms. The molecule has 2 rings (SSSR count). The largest absolute Gasteiger partial charge is 0.368 e. The first-order valence-electron chi connectivity index (χ1n) is 6.55. The average Bonchev–Trinajstić information content (AvgIpc) is 2.48. The lowest BCUT2D eigenvalue weighted by Gasteiger charge is -2.16. The second-order valence-electron chi connectivity index (χ2n) is 4.73. The van der Waals surface area contributed by atoms with E-state index in [0.29, 0.717) is 21.2 Å².